The SMILES string of the molecule is CC1CNC2CCCCC2C1C. The normalized spacial score (nSPS) is 48.5. The molecule has 0 spiro atoms. The Morgan fingerprint density at radius 2 is 1.83 bits per heavy atom. The summed E-state index contributed by atoms with van der Waals surface area (Å²) in [6.07, 6.45) is 5.83. The molecule has 1 aliphatic carbocycles. The van der Waals surface area contributed by atoms with Gasteiger partial charge in [0.15, 0.2) is 0 Å². The fourth-order valence-corrected chi connectivity index (χ4v) is 2.99. The van der Waals surface area contributed by atoms with Crippen molar-refractivity contribution in [1.82, 2.24) is 5.32 Å². The zero-order valence-corrected chi connectivity index (χ0v) is 8.34. The van der Waals surface area contributed by atoms with E-state index in [1.807, 2.05) is 0 Å². The van der Waals surface area contributed by atoms with Crippen molar-refractivity contribution in [3.05, 3.63) is 0 Å². The number of piperidine rings is 1. The Morgan fingerprint density at radius 3 is 2.67 bits per heavy atom. The van der Waals surface area contributed by atoms with Crippen LogP contribution in [-0.2, 0) is 0 Å². The lowest BCUT2D eigenvalue weighted by Crippen LogP contribution is -2.50. The highest BCUT2D eigenvalue weighted by Crippen LogP contribution is 2.36. The van der Waals surface area contributed by atoms with Crippen LogP contribution < -0.4 is 5.32 Å². The predicted octanol–water partition coefficient (Wildman–Crippen LogP) is 2.42. The van der Waals surface area contributed by atoms with Crippen LogP contribution in [-0.4, -0.2) is 12.6 Å². The van der Waals surface area contributed by atoms with Crippen molar-refractivity contribution in [2.45, 2.75) is 45.6 Å². The highest BCUT2D eigenvalue weighted by atomic mass is 14.9. The number of hydrogen-bond donors (Lipinski definition) is 1. The molecule has 1 saturated carbocycles. The summed E-state index contributed by atoms with van der Waals surface area (Å²) < 4.78 is 0. The lowest BCUT2D eigenvalue weighted by Gasteiger charge is -2.44. The largest absolute Gasteiger partial charge is 0.313 e. The van der Waals surface area contributed by atoms with Gasteiger partial charge in [0.1, 0.15) is 0 Å². The van der Waals surface area contributed by atoms with E-state index in [0.29, 0.717) is 0 Å². The van der Waals surface area contributed by atoms with Crippen LogP contribution in [0.25, 0.3) is 0 Å². The maximum atomic E-state index is 3.70. The van der Waals surface area contributed by atoms with Gasteiger partial charge >= 0.3 is 0 Å². The molecule has 2 aliphatic rings. The molecule has 4 atom stereocenters. The van der Waals surface area contributed by atoms with Gasteiger partial charge in [0.25, 0.3) is 0 Å². The molecule has 0 amide bonds. The molecule has 2 fully saturated rings. The first kappa shape index (κ1) is 8.55. The van der Waals surface area contributed by atoms with Crippen LogP contribution in [0.4, 0.5) is 0 Å². The first-order valence-corrected chi connectivity index (χ1v) is 5.52. The maximum Gasteiger partial charge on any atom is 0.00980 e. The van der Waals surface area contributed by atoms with Crippen molar-refractivity contribution in [2.75, 3.05) is 6.54 Å². The average Bonchev–Trinajstić information content (AvgIpc) is 2.12. The summed E-state index contributed by atoms with van der Waals surface area (Å²) in [6.45, 7) is 6.10. The van der Waals surface area contributed by atoms with E-state index in [4.69, 9.17) is 0 Å². The second kappa shape index (κ2) is 3.37. The molecular formula is C11H21N. The van der Waals surface area contributed by atoms with Gasteiger partial charge < -0.3 is 5.32 Å². The van der Waals surface area contributed by atoms with Crippen molar-refractivity contribution in [3.8, 4) is 0 Å². The van der Waals surface area contributed by atoms with Crippen molar-refractivity contribution >= 4 is 0 Å². The minimum atomic E-state index is 0.866. The van der Waals surface area contributed by atoms with Gasteiger partial charge in [-0.25, -0.2) is 0 Å². The zero-order chi connectivity index (χ0) is 8.55. The summed E-state index contributed by atoms with van der Waals surface area (Å²) in [5.74, 6) is 2.84. The summed E-state index contributed by atoms with van der Waals surface area (Å²) in [7, 11) is 0. The summed E-state index contributed by atoms with van der Waals surface area (Å²) in [5, 5.41) is 3.70. The molecule has 2 rings (SSSR count). The van der Waals surface area contributed by atoms with Crippen LogP contribution in [0.5, 0.6) is 0 Å². The van der Waals surface area contributed by atoms with Gasteiger partial charge in [0.2, 0.25) is 0 Å². The second-order valence-electron chi connectivity index (χ2n) is 4.80. The molecule has 0 aromatic rings. The third-order valence-electron chi connectivity index (χ3n) is 4.09. The minimum absolute atomic E-state index is 0.866. The summed E-state index contributed by atoms with van der Waals surface area (Å²) in [4.78, 5) is 0. The van der Waals surface area contributed by atoms with Crippen LogP contribution in [0.2, 0.25) is 0 Å². The third kappa shape index (κ3) is 1.39. The van der Waals surface area contributed by atoms with Gasteiger partial charge in [0, 0.05) is 6.04 Å². The van der Waals surface area contributed by atoms with E-state index in [1.165, 1.54) is 32.2 Å². The minimum Gasteiger partial charge on any atom is -0.313 e. The zero-order valence-electron chi connectivity index (χ0n) is 8.34. The first-order chi connectivity index (χ1) is 5.79. The maximum absolute atomic E-state index is 3.70. The number of fused-ring (bicyclic) bond motifs is 1. The van der Waals surface area contributed by atoms with Crippen molar-refractivity contribution in [3.63, 3.8) is 0 Å². The van der Waals surface area contributed by atoms with Crippen LogP contribution in [0.15, 0.2) is 0 Å². The van der Waals surface area contributed by atoms with Gasteiger partial charge in [-0.1, -0.05) is 26.7 Å². The topological polar surface area (TPSA) is 12.0 Å². The third-order valence-corrected chi connectivity index (χ3v) is 4.09. The fourth-order valence-electron chi connectivity index (χ4n) is 2.99. The monoisotopic (exact) mass is 167 g/mol. The Morgan fingerprint density at radius 1 is 1.08 bits per heavy atom. The molecule has 1 nitrogen and oxygen atoms in total. The molecular weight excluding hydrogens is 146 g/mol. The molecule has 12 heavy (non-hydrogen) atoms. The number of hydrogen-bond acceptors (Lipinski definition) is 1. The molecule has 1 heterocycles. The molecule has 70 valence electrons. The van der Waals surface area contributed by atoms with Crippen LogP contribution >= 0.6 is 0 Å². The fraction of sp³-hybridized carbons (Fsp3) is 1.00. The van der Waals surface area contributed by atoms with Gasteiger partial charge in [-0.05, 0) is 37.1 Å². The molecule has 0 radical (unpaired) electrons. The highest BCUT2D eigenvalue weighted by molar-refractivity contribution is 4.90. The van der Waals surface area contributed by atoms with Gasteiger partial charge in [-0.3, -0.25) is 0 Å². The number of rotatable bonds is 0. The summed E-state index contributed by atoms with van der Waals surface area (Å²) in [6, 6.07) is 0.866. The van der Waals surface area contributed by atoms with Crippen LogP contribution in [0.1, 0.15) is 39.5 Å². The average molecular weight is 167 g/mol. The molecule has 1 heteroatoms. The van der Waals surface area contributed by atoms with Crippen LogP contribution in [0.3, 0.4) is 0 Å². The predicted molar refractivity (Wildman–Crippen MR) is 52.1 cm³/mol. The standard InChI is InChI=1S/C11H21N/c1-8-7-12-11-6-4-3-5-10(11)9(8)2/h8-12H,3-7H2,1-2H3. The molecule has 0 aromatic carbocycles. The van der Waals surface area contributed by atoms with E-state index in [9.17, 15) is 0 Å². The number of nitrogens with one attached hydrogen (secondary N) is 1. The second-order valence-corrected chi connectivity index (χ2v) is 4.80. The molecule has 1 aliphatic heterocycles. The van der Waals surface area contributed by atoms with E-state index in [0.717, 1.165) is 23.8 Å². The highest BCUT2D eigenvalue weighted by Gasteiger charge is 2.35. The van der Waals surface area contributed by atoms with E-state index in [2.05, 4.69) is 19.2 Å². The van der Waals surface area contributed by atoms with E-state index < -0.39 is 0 Å². The molecule has 4 unspecified atom stereocenters. The molecule has 0 aromatic heterocycles. The first-order valence-electron chi connectivity index (χ1n) is 5.52. The smallest absolute Gasteiger partial charge is 0.00980 e. The van der Waals surface area contributed by atoms with E-state index in [-0.39, 0.29) is 0 Å². The van der Waals surface area contributed by atoms with Crippen molar-refractivity contribution in [1.29, 1.82) is 0 Å². The van der Waals surface area contributed by atoms with Gasteiger partial charge in [-0.2, -0.15) is 0 Å². The van der Waals surface area contributed by atoms with Gasteiger partial charge in [-0.15, -0.1) is 0 Å². The Balaban J connectivity index is 2.03. The Labute approximate surface area is 75.9 Å². The van der Waals surface area contributed by atoms with E-state index in [1.54, 1.807) is 0 Å². The quantitative estimate of drug-likeness (QED) is 0.584. The summed E-state index contributed by atoms with van der Waals surface area (Å²) in [5.41, 5.74) is 0. The lowest BCUT2D eigenvalue weighted by atomic mass is 9.70. The Kier molecular flexibility index (Phi) is 2.40. The molecule has 1 saturated heterocycles. The van der Waals surface area contributed by atoms with Crippen molar-refractivity contribution in [2.24, 2.45) is 17.8 Å². The Hall–Kier alpha value is -0.0400. The molecule has 0 bridgehead atoms. The Bertz CT molecular complexity index is 153. The molecule has 1 N–H and O–H groups in total. The summed E-state index contributed by atoms with van der Waals surface area (Å²) >= 11 is 0. The lowest BCUT2D eigenvalue weighted by molar-refractivity contribution is 0.107. The van der Waals surface area contributed by atoms with Crippen molar-refractivity contribution < 1.29 is 0 Å². The van der Waals surface area contributed by atoms with E-state index >= 15 is 0 Å². The van der Waals surface area contributed by atoms with Crippen LogP contribution in [0, 0.1) is 17.8 Å². The van der Waals surface area contributed by atoms with Gasteiger partial charge in [0.05, 0.1) is 0 Å².